The fraction of sp³-hybridized carbons (Fsp3) is 0.261. The lowest BCUT2D eigenvalue weighted by Crippen LogP contribution is -2.58. The van der Waals surface area contributed by atoms with Crippen molar-refractivity contribution in [3.63, 3.8) is 0 Å². The summed E-state index contributed by atoms with van der Waals surface area (Å²) in [6, 6.07) is 14.3. The van der Waals surface area contributed by atoms with Crippen LogP contribution in [0.3, 0.4) is 0 Å². The minimum atomic E-state index is -1.76. The molecule has 8 heteroatoms. The van der Waals surface area contributed by atoms with Crippen molar-refractivity contribution < 1.29 is 14.7 Å². The van der Waals surface area contributed by atoms with Crippen LogP contribution < -0.4 is 10.5 Å². The maximum Gasteiger partial charge on any atom is 0.353 e. The van der Waals surface area contributed by atoms with Crippen LogP contribution in [-0.2, 0) is 15.3 Å². The summed E-state index contributed by atoms with van der Waals surface area (Å²) in [6.45, 7) is 4.14. The van der Waals surface area contributed by atoms with Crippen molar-refractivity contribution in [2.24, 2.45) is 0 Å². The van der Waals surface area contributed by atoms with Gasteiger partial charge in [0.05, 0.1) is 5.69 Å². The van der Waals surface area contributed by atoms with Crippen molar-refractivity contribution in [3.8, 4) is 22.6 Å². The van der Waals surface area contributed by atoms with Gasteiger partial charge >= 0.3 is 5.97 Å². The SMILES string of the molecule is CC(C)c1ccc(-c2nn3c(nc2=O)-c2ccccc2N2C(=O)CCC23C(=O)O)cc1. The van der Waals surface area contributed by atoms with Crippen LogP contribution in [0.2, 0.25) is 0 Å². The Morgan fingerprint density at radius 1 is 1.10 bits per heavy atom. The Labute approximate surface area is 177 Å². The molecule has 5 rings (SSSR count). The van der Waals surface area contributed by atoms with Gasteiger partial charge in [0.1, 0.15) is 0 Å². The Morgan fingerprint density at radius 3 is 2.48 bits per heavy atom. The summed E-state index contributed by atoms with van der Waals surface area (Å²) >= 11 is 0. The zero-order chi connectivity index (χ0) is 21.9. The molecule has 0 bridgehead atoms. The third-order valence-corrected chi connectivity index (χ3v) is 6.05. The monoisotopic (exact) mass is 416 g/mol. The van der Waals surface area contributed by atoms with E-state index in [9.17, 15) is 19.5 Å². The van der Waals surface area contributed by atoms with Gasteiger partial charge < -0.3 is 5.11 Å². The standard InChI is InChI=1S/C23H20N4O4/c1-13(2)14-7-9-15(10-8-14)19-21(29)24-20-16-5-3-4-6-17(16)26-18(28)11-12-23(26,22(30)31)27(20)25-19/h3-10,13H,11-12H2,1-2H3,(H,30,31). The summed E-state index contributed by atoms with van der Waals surface area (Å²) in [4.78, 5) is 43.8. The lowest BCUT2D eigenvalue weighted by Gasteiger charge is -2.41. The first-order valence-electron chi connectivity index (χ1n) is 10.1. The predicted molar refractivity (Wildman–Crippen MR) is 114 cm³/mol. The summed E-state index contributed by atoms with van der Waals surface area (Å²) in [5.41, 5.74) is 0.338. The predicted octanol–water partition coefficient (Wildman–Crippen LogP) is 2.97. The van der Waals surface area contributed by atoms with Crippen molar-refractivity contribution in [1.29, 1.82) is 0 Å². The Morgan fingerprint density at radius 2 is 1.81 bits per heavy atom. The molecular weight excluding hydrogens is 396 g/mol. The first-order chi connectivity index (χ1) is 14.8. The lowest BCUT2D eigenvalue weighted by molar-refractivity contribution is -0.148. The molecule has 156 valence electrons. The largest absolute Gasteiger partial charge is 0.478 e. The van der Waals surface area contributed by atoms with Gasteiger partial charge in [-0.05, 0) is 23.6 Å². The molecule has 0 aliphatic carbocycles. The second-order valence-electron chi connectivity index (χ2n) is 8.15. The van der Waals surface area contributed by atoms with Crippen LogP contribution in [0, 0.1) is 0 Å². The number of hydrogen-bond acceptors (Lipinski definition) is 5. The number of amides is 1. The van der Waals surface area contributed by atoms with Gasteiger partial charge in [-0.15, -0.1) is 0 Å². The summed E-state index contributed by atoms with van der Waals surface area (Å²) in [5, 5.41) is 14.8. The summed E-state index contributed by atoms with van der Waals surface area (Å²) < 4.78 is 1.25. The molecule has 1 aromatic heterocycles. The fourth-order valence-corrected chi connectivity index (χ4v) is 4.42. The molecular formula is C23H20N4O4. The number of para-hydroxylation sites is 1. The second kappa shape index (κ2) is 6.60. The molecule has 2 aliphatic rings. The third-order valence-electron chi connectivity index (χ3n) is 6.05. The molecule has 8 nitrogen and oxygen atoms in total. The zero-order valence-corrected chi connectivity index (χ0v) is 17.1. The number of rotatable bonds is 3. The Hall–Kier alpha value is -3.81. The average Bonchev–Trinajstić information content (AvgIpc) is 3.12. The highest BCUT2D eigenvalue weighted by Gasteiger charge is 2.58. The van der Waals surface area contributed by atoms with Gasteiger partial charge in [-0.25, -0.2) is 9.48 Å². The average molecular weight is 416 g/mol. The molecule has 0 saturated carbocycles. The maximum absolute atomic E-state index is 12.9. The van der Waals surface area contributed by atoms with Crippen molar-refractivity contribution in [2.75, 3.05) is 4.90 Å². The van der Waals surface area contributed by atoms with E-state index >= 15 is 0 Å². The van der Waals surface area contributed by atoms with E-state index in [0.29, 0.717) is 22.7 Å². The molecule has 2 aliphatic heterocycles. The number of carbonyl (C=O) groups is 2. The highest BCUT2D eigenvalue weighted by atomic mass is 16.4. The van der Waals surface area contributed by atoms with E-state index in [1.807, 2.05) is 12.1 Å². The van der Waals surface area contributed by atoms with Crippen LogP contribution in [-0.4, -0.2) is 31.7 Å². The first-order valence-corrected chi connectivity index (χ1v) is 10.1. The van der Waals surface area contributed by atoms with E-state index in [1.165, 1.54) is 9.58 Å². The molecule has 3 aromatic rings. The molecule has 1 fully saturated rings. The summed E-state index contributed by atoms with van der Waals surface area (Å²) in [5.74, 6) is -1.04. The van der Waals surface area contributed by atoms with Crippen LogP contribution >= 0.6 is 0 Å². The van der Waals surface area contributed by atoms with Crippen LogP contribution in [0.5, 0.6) is 0 Å². The fourth-order valence-electron chi connectivity index (χ4n) is 4.42. The molecule has 1 saturated heterocycles. The molecule has 1 unspecified atom stereocenters. The minimum absolute atomic E-state index is 0.0335. The van der Waals surface area contributed by atoms with Gasteiger partial charge in [0, 0.05) is 24.0 Å². The third kappa shape index (κ3) is 2.57. The van der Waals surface area contributed by atoms with E-state index in [-0.39, 0.29) is 30.3 Å². The lowest BCUT2D eigenvalue weighted by atomic mass is 9.99. The van der Waals surface area contributed by atoms with Crippen molar-refractivity contribution in [2.45, 2.75) is 38.3 Å². The van der Waals surface area contributed by atoms with Crippen molar-refractivity contribution >= 4 is 17.6 Å². The zero-order valence-electron chi connectivity index (χ0n) is 17.1. The normalized spacial score (nSPS) is 19.2. The van der Waals surface area contributed by atoms with E-state index < -0.39 is 17.2 Å². The van der Waals surface area contributed by atoms with Gasteiger partial charge in [0.15, 0.2) is 11.5 Å². The Kier molecular flexibility index (Phi) is 4.08. The number of nitrogens with zero attached hydrogens (tertiary/aromatic N) is 4. The number of carbonyl (C=O) groups excluding carboxylic acids is 1. The topological polar surface area (TPSA) is 105 Å². The van der Waals surface area contributed by atoms with E-state index in [0.717, 1.165) is 5.56 Å². The van der Waals surface area contributed by atoms with Crippen molar-refractivity contribution in [1.82, 2.24) is 14.8 Å². The smallest absolute Gasteiger partial charge is 0.353 e. The number of carboxylic acids is 1. The van der Waals surface area contributed by atoms with E-state index in [2.05, 4.69) is 23.9 Å². The molecule has 0 spiro atoms. The van der Waals surface area contributed by atoms with E-state index in [1.54, 1.807) is 36.4 Å². The van der Waals surface area contributed by atoms with Gasteiger partial charge in [-0.3, -0.25) is 14.5 Å². The highest BCUT2D eigenvalue weighted by molar-refractivity contribution is 6.07. The number of carboxylic acid groups (broad SMARTS) is 1. The van der Waals surface area contributed by atoms with Crippen LogP contribution in [0.15, 0.2) is 53.3 Å². The number of anilines is 1. The Bertz CT molecular complexity index is 1300. The van der Waals surface area contributed by atoms with Gasteiger partial charge in [0.25, 0.3) is 5.56 Å². The van der Waals surface area contributed by atoms with Crippen molar-refractivity contribution in [3.05, 3.63) is 64.4 Å². The van der Waals surface area contributed by atoms with Gasteiger partial charge in [-0.2, -0.15) is 10.1 Å². The summed E-state index contributed by atoms with van der Waals surface area (Å²) in [6.07, 6.45) is 0.0953. The molecule has 0 radical (unpaired) electrons. The molecule has 3 heterocycles. The molecule has 1 N–H and O–H groups in total. The second-order valence-corrected chi connectivity index (χ2v) is 8.15. The van der Waals surface area contributed by atoms with Crippen LogP contribution in [0.4, 0.5) is 5.69 Å². The van der Waals surface area contributed by atoms with Gasteiger partial charge in [0.2, 0.25) is 11.6 Å². The number of fused-ring (bicyclic) bond motifs is 6. The van der Waals surface area contributed by atoms with Crippen LogP contribution in [0.1, 0.15) is 38.2 Å². The quantitative estimate of drug-likeness (QED) is 0.704. The maximum atomic E-state index is 12.9. The molecule has 2 aromatic carbocycles. The molecule has 31 heavy (non-hydrogen) atoms. The van der Waals surface area contributed by atoms with Crippen LogP contribution in [0.25, 0.3) is 22.6 Å². The van der Waals surface area contributed by atoms with Gasteiger partial charge in [-0.1, -0.05) is 50.2 Å². The molecule has 1 amide bonds. The Balaban J connectivity index is 1.80. The molecule has 1 atom stereocenters. The number of aliphatic carboxylic acids is 1. The number of aromatic nitrogens is 3. The first kappa shape index (κ1) is 19.2. The number of benzene rings is 2. The highest BCUT2D eigenvalue weighted by Crippen LogP contribution is 2.47. The minimum Gasteiger partial charge on any atom is -0.478 e. The number of hydrogen-bond donors (Lipinski definition) is 1. The van der Waals surface area contributed by atoms with E-state index in [4.69, 9.17) is 0 Å². The summed E-state index contributed by atoms with van der Waals surface area (Å²) in [7, 11) is 0.